The summed E-state index contributed by atoms with van der Waals surface area (Å²) in [6.07, 6.45) is 0. The number of likely N-dealkylation sites (N-methyl/N-ethyl adjacent to an activating group) is 1. The summed E-state index contributed by atoms with van der Waals surface area (Å²) in [4.78, 5) is 2.42. The van der Waals surface area contributed by atoms with E-state index in [0.717, 1.165) is 21.8 Å². The highest BCUT2D eigenvalue weighted by atomic mass is 28.2. The zero-order valence-corrected chi connectivity index (χ0v) is 8.96. The molecule has 1 saturated heterocycles. The molecule has 2 nitrogen and oxygen atoms in total. The summed E-state index contributed by atoms with van der Waals surface area (Å²) < 4.78 is 2.60. The van der Waals surface area contributed by atoms with Gasteiger partial charge in [-0.2, -0.15) is 0 Å². The molecule has 2 atom stereocenters. The molecule has 1 aliphatic heterocycles. The maximum Gasteiger partial charge on any atom is 0.138 e. The van der Waals surface area contributed by atoms with Gasteiger partial charge < -0.3 is 9.47 Å². The first kappa shape index (κ1) is 9.23. The molecule has 2 unspecified atom stereocenters. The van der Waals surface area contributed by atoms with Gasteiger partial charge in [0.2, 0.25) is 0 Å². The van der Waals surface area contributed by atoms with Crippen LogP contribution in [0.2, 0.25) is 6.55 Å². The van der Waals surface area contributed by atoms with E-state index in [-0.39, 0.29) is 0 Å². The van der Waals surface area contributed by atoms with Gasteiger partial charge >= 0.3 is 0 Å². The van der Waals surface area contributed by atoms with Gasteiger partial charge in [-0.15, -0.1) is 0 Å². The lowest BCUT2D eigenvalue weighted by molar-refractivity contribution is 0.123. The Morgan fingerprint density at radius 2 is 1.64 bits per heavy atom. The van der Waals surface area contributed by atoms with Gasteiger partial charge in [-0.25, -0.2) is 0 Å². The summed E-state index contributed by atoms with van der Waals surface area (Å²) in [7, 11) is 3.18. The molecule has 0 saturated carbocycles. The molecule has 0 aliphatic carbocycles. The zero-order chi connectivity index (χ0) is 8.43. The Kier molecular flexibility index (Phi) is 3.10. The Bertz CT molecular complexity index is 117. The third kappa shape index (κ3) is 2.04. The lowest BCUT2D eigenvalue weighted by Gasteiger charge is -2.42. The van der Waals surface area contributed by atoms with Crippen molar-refractivity contribution < 1.29 is 0 Å². The summed E-state index contributed by atoms with van der Waals surface area (Å²) in [6.45, 7) is 9.38. The van der Waals surface area contributed by atoms with Crippen LogP contribution in [-0.4, -0.2) is 51.4 Å². The normalized spacial score (nSPS) is 36.0. The van der Waals surface area contributed by atoms with Gasteiger partial charge in [0.15, 0.2) is 0 Å². The molecule has 3 heteroatoms. The first-order valence-electron chi connectivity index (χ1n) is 4.29. The molecule has 1 rings (SSSR count). The third-order valence-electron chi connectivity index (χ3n) is 2.36. The van der Waals surface area contributed by atoms with Crippen molar-refractivity contribution in [3.05, 3.63) is 0 Å². The SMILES string of the molecule is C[Si]N1C(C)CN(C)CC1C. The van der Waals surface area contributed by atoms with E-state index in [9.17, 15) is 0 Å². The second-order valence-corrected chi connectivity index (χ2v) is 4.51. The van der Waals surface area contributed by atoms with Crippen LogP contribution in [-0.2, 0) is 0 Å². The van der Waals surface area contributed by atoms with Crippen LogP contribution < -0.4 is 0 Å². The van der Waals surface area contributed by atoms with Gasteiger partial charge in [-0.3, -0.25) is 0 Å². The van der Waals surface area contributed by atoms with E-state index in [0.29, 0.717) is 0 Å². The fourth-order valence-electron chi connectivity index (χ4n) is 2.03. The number of hydrogen-bond acceptors (Lipinski definition) is 2. The van der Waals surface area contributed by atoms with Crippen LogP contribution in [0.5, 0.6) is 0 Å². The van der Waals surface area contributed by atoms with Crippen LogP contribution >= 0.6 is 0 Å². The maximum atomic E-state index is 2.60. The Hall–Kier alpha value is 0.137. The lowest BCUT2D eigenvalue weighted by Crippen LogP contribution is -2.56. The molecule has 1 fully saturated rings. The molecule has 0 aromatic heterocycles. The largest absolute Gasteiger partial charge is 0.318 e. The summed E-state index contributed by atoms with van der Waals surface area (Å²) in [5.74, 6) is 0. The molecule has 64 valence electrons. The molecular formula is C8H18N2Si. The van der Waals surface area contributed by atoms with Gasteiger partial charge in [-0.05, 0) is 20.9 Å². The maximum absolute atomic E-state index is 2.60. The molecule has 0 aromatic rings. The average molecular weight is 170 g/mol. The van der Waals surface area contributed by atoms with Crippen molar-refractivity contribution in [3.8, 4) is 0 Å². The Morgan fingerprint density at radius 1 is 1.18 bits per heavy atom. The van der Waals surface area contributed by atoms with Crippen molar-refractivity contribution in [2.24, 2.45) is 0 Å². The van der Waals surface area contributed by atoms with Gasteiger partial charge in [0, 0.05) is 25.2 Å². The second-order valence-electron chi connectivity index (χ2n) is 3.55. The molecule has 0 spiro atoms. The van der Waals surface area contributed by atoms with Crippen LogP contribution in [0.1, 0.15) is 13.8 Å². The minimum atomic E-state index is 0.743. The van der Waals surface area contributed by atoms with Gasteiger partial charge in [-0.1, -0.05) is 6.55 Å². The summed E-state index contributed by atoms with van der Waals surface area (Å²) in [5.41, 5.74) is 0. The smallest absolute Gasteiger partial charge is 0.138 e. The lowest BCUT2D eigenvalue weighted by atomic mass is 10.2. The third-order valence-corrected chi connectivity index (χ3v) is 3.76. The van der Waals surface area contributed by atoms with Crippen LogP contribution in [0.15, 0.2) is 0 Å². The number of piperazine rings is 1. The fraction of sp³-hybridized carbons (Fsp3) is 1.00. The van der Waals surface area contributed by atoms with E-state index in [1.807, 2.05) is 0 Å². The predicted molar refractivity (Wildman–Crippen MR) is 49.9 cm³/mol. The van der Waals surface area contributed by atoms with E-state index < -0.39 is 0 Å². The van der Waals surface area contributed by atoms with Crippen molar-refractivity contribution >= 4 is 9.68 Å². The fourth-order valence-corrected chi connectivity index (χ4v) is 3.07. The number of hydrogen-bond donors (Lipinski definition) is 0. The van der Waals surface area contributed by atoms with Crippen LogP contribution in [0, 0.1) is 0 Å². The quantitative estimate of drug-likeness (QED) is 0.534. The second kappa shape index (κ2) is 3.69. The van der Waals surface area contributed by atoms with Crippen molar-refractivity contribution in [1.29, 1.82) is 0 Å². The summed E-state index contributed by atoms with van der Waals surface area (Å²) >= 11 is 0. The van der Waals surface area contributed by atoms with Crippen molar-refractivity contribution in [1.82, 2.24) is 9.47 Å². The van der Waals surface area contributed by atoms with E-state index in [2.05, 4.69) is 36.9 Å². The Labute approximate surface area is 72.5 Å². The highest BCUT2D eigenvalue weighted by Crippen LogP contribution is 2.12. The summed E-state index contributed by atoms with van der Waals surface area (Å²) in [6, 6.07) is 1.49. The minimum absolute atomic E-state index is 0.743. The van der Waals surface area contributed by atoms with E-state index in [1.165, 1.54) is 13.1 Å². The topological polar surface area (TPSA) is 6.48 Å². The van der Waals surface area contributed by atoms with Crippen LogP contribution in [0.3, 0.4) is 0 Å². The first-order valence-corrected chi connectivity index (χ1v) is 5.74. The average Bonchev–Trinajstić information content (AvgIpc) is 1.85. The van der Waals surface area contributed by atoms with Crippen molar-refractivity contribution in [3.63, 3.8) is 0 Å². The van der Waals surface area contributed by atoms with E-state index >= 15 is 0 Å². The van der Waals surface area contributed by atoms with E-state index in [4.69, 9.17) is 0 Å². The first-order chi connectivity index (χ1) is 5.15. The minimum Gasteiger partial charge on any atom is -0.318 e. The van der Waals surface area contributed by atoms with Gasteiger partial charge in [0.25, 0.3) is 0 Å². The standard InChI is InChI=1S/C8H18N2Si/c1-7-5-9(3)6-8(2)10(7)11-4/h7-8H,5-6H2,1-4H3. The van der Waals surface area contributed by atoms with E-state index in [1.54, 1.807) is 0 Å². The molecule has 0 aromatic carbocycles. The molecular weight excluding hydrogens is 152 g/mol. The highest BCUT2D eigenvalue weighted by molar-refractivity contribution is 6.30. The van der Waals surface area contributed by atoms with Gasteiger partial charge in [0.05, 0.1) is 0 Å². The Balaban J connectivity index is 2.52. The Morgan fingerprint density at radius 3 is 2.00 bits per heavy atom. The predicted octanol–water partition coefficient (Wildman–Crippen LogP) is 0.678. The molecule has 0 N–H and O–H groups in total. The monoisotopic (exact) mass is 170 g/mol. The summed E-state index contributed by atoms with van der Waals surface area (Å²) in [5, 5.41) is 0. The number of nitrogens with zero attached hydrogens (tertiary/aromatic N) is 2. The van der Waals surface area contributed by atoms with Crippen molar-refractivity contribution in [2.75, 3.05) is 20.1 Å². The number of rotatable bonds is 1. The van der Waals surface area contributed by atoms with Crippen molar-refractivity contribution in [2.45, 2.75) is 32.5 Å². The molecule has 11 heavy (non-hydrogen) atoms. The molecule has 1 aliphatic rings. The van der Waals surface area contributed by atoms with Gasteiger partial charge in [0.1, 0.15) is 9.68 Å². The molecule has 1 heterocycles. The zero-order valence-electron chi connectivity index (χ0n) is 7.96. The molecule has 2 radical (unpaired) electrons. The molecule has 0 amide bonds. The molecule has 0 bridgehead atoms. The van der Waals surface area contributed by atoms with Crippen LogP contribution in [0.25, 0.3) is 0 Å². The highest BCUT2D eigenvalue weighted by Gasteiger charge is 2.25. The van der Waals surface area contributed by atoms with Crippen LogP contribution in [0.4, 0.5) is 0 Å².